The largest absolute Gasteiger partial charge is 0.444 e. The van der Waals surface area contributed by atoms with E-state index in [1.165, 1.54) is 0 Å². The molecule has 6 nitrogen and oxygen atoms in total. The fraction of sp³-hybridized carbons (Fsp3) is 0.778. The molecule has 24 heavy (non-hydrogen) atoms. The van der Waals surface area contributed by atoms with Crippen molar-refractivity contribution in [3.05, 3.63) is 0 Å². The summed E-state index contributed by atoms with van der Waals surface area (Å²) in [5, 5.41) is 2.76. The summed E-state index contributed by atoms with van der Waals surface area (Å²) in [4.78, 5) is 25.8. The fourth-order valence-corrected chi connectivity index (χ4v) is 2.58. The number of alkyl carbamates (subject to hydrolysis) is 1. The molecule has 1 heterocycles. The average Bonchev–Trinajstić information content (AvgIpc) is 2.76. The van der Waals surface area contributed by atoms with Crippen molar-refractivity contribution in [2.75, 3.05) is 13.1 Å². The Morgan fingerprint density at radius 3 is 2.25 bits per heavy atom. The van der Waals surface area contributed by atoms with Gasteiger partial charge in [-0.2, -0.15) is 0 Å². The lowest BCUT2D eigenvalue weighted by Gasteiger charge is -2.27. The van der Waals surface area contributed by atoms with Gasteiger partial charge in [-0.15, -0.1) is 12.3 Å². The minimum absolute atomic E-state index is 0.0599. The quantitative estimate of drug-likeness (QED) is 0.803. The van der Waals surface area contributed by atoms with Crippen molar-refractivity contribution < 1.29 is 19.1 Å². The number of likely N-dealkylation sites (tertiary alicyclic amines) is 1. The van der Waals surface area contributed by atoms with Crippen LogP contribution in [0.1, 0.15) is 54.4 Å². The molecule has 6 heteroatoms. The number of nitrogens with zero attached hydrogens (tertiary/aromatic N) is 1. The van der Waals surface area contributed by atoms with E-state index in [2.05, 4.69) is 11.2 Å². The van der Waals surface area contributed by atoms with Crippen LogP contribution in [0, 0.1) is 18.3 Å². The van der Waals surface area contributed by atoms with Gasteiger partial charge in [-0.1, -0.05) is 0 Å². The normalized spacial score (nSPS) is 21.1. The van der Waals surface area contributed by atoms with Crippen molar-refractivity contribution in [2.24, 2.45) is 5.92 Å². The van der Waals surface area contributed by atoms with Crippen molar-refractivity contribution >= 4 is 12.2 Å². The number of carbonyl (C=O) groups excluding carboxylic acids is 2. The second-order valence-corrected chi connectivity index (χ2v) is 8.18. The van der Waals surface area contributed by atoms with Crippen LogP contribution in [0.2, 0.25) is 0 Å². The Morgan fingerprint density at radius 2 is 1.75 bits per heavy atom. The zero-order chi connectivity index (χ0) is 18.5. The molecule has 0 spiro atoms. The highest BCUT2D eigenvalue weighted by Crippen LogP contribution is 2.27. The molecule has 0 saturated carbocycles. The van der Waals surface area contributed by atoms with Crippen LogP contribution >= 0.6 is 0 Å². The molecule has 1 rings (SSSR count). The third kappa shape index (κ3) is 7.12. The molecule has 1 N–H and O–H groups in total. The molecule has 0 aliphatic carbocycles. The lowest BCUT2D eigenvalue weighted by atomic mass is 10.0. The average molecular weight is 338 g/mol. The van der Waals surface area contributed by atoms with E-state index in [0.29, 0.717) is 19.5 Å². The summed E-state index contributed by atoms with van der Waals surface area (Å²) in [6.07, 6.45) is 5.82. The number of terminal acetylenes is 1. The molecule has 0 aromatic heterocycles. The van der Waals surface area contributed by atoms with E-state index in [1.807, 2.05) is 41.5 Å². The Hall–Kier alpha value is -1.90. The van der Waals surface area contributed by atoms with E-state index in [0.717, 1.165) is 6.42 Å². The van der Waals surface area contributed by atoms with E-state index in [-0.39, 0.29) is 18.1 Å². The zero-order valence-electron chi connectivity index (χ0n) is 15.6. The van der Waals surface area contributed by atoms with Crippen LogP contribution in [-0.2, 0) is 9.47 Å². The maximum absolute atomic E-state index is 12.3. The second-order valence-electron chi connectivity index (χ2n) is 8.18. The minimum atomic E-state index is -0.551. The molecular weight excluding hydrogens is 308 g/mol. The first-order chi connectivity index (χ1) is 10.9. The van der Waals surface area contributed by atoms with E-state index in [9.17, 15) is 9.59 Å². The minimum Gasteiger partial charge on any atom is -0.444 e. The second kappa shape index (κ2) is 7.78. The van der Waals surface area contributed by atoms with Gasteiger partial charge < -0.3 is 19.7 Å². The molecule has 2 amide bonds. The van der Waals surface area contributed by atoms with Gasteiger partial charge in [0.05, 0.1) is 0 Å². The first kappa shape index (κ1) is 20.1. The van der Waals surface area contributed by atoms with Gasteiger partial charge in [0.1, 0.15) is 11.2 Å². The van der Waals surface area contributed by atoms with E-state index in [4.69, 9.17) is 15.9 Å². The topological polar surface area (TPSA) is 67.9 Å². The highest BCUT2D eigenvalue weighted by molar-refractivity contribution is 5.69. The summed E-state index contributed by atoms with van der Waals surface area (Å²) in [7, 11) is 0. The summed E-state index contributed by atoms with van der Waals surface area (Å²) in [5.41, 5.74) is -1.08. The van der Waals surface area contributed by atoms with E-state index >= 15 is 0 Å². The summed E-state index contributed by atoms with van der Waals surface area (Å²) < 4.78 is 10.7. The number of ether oxygens (including phenoxy) is 2. The Morgan fingerprint density at radius 1 is 1.17 bits per heavy atom. The van der Waals surface area contributed by atoms with Crippen LogP contribution in [0.3, 0.4) is 0 Å². The number of carbonyl (C=O) groups is 2. The highest BCUT2D eigenvalue weighted by atomic mass is 16.6. The van der Waals surface area contributed by atoms with Crippen molar-refractivity contribution in [3.8, 4) is 12.3 Å². The SMILES string of the molecule is C#CCC1C[C@@H](CNC(=O)OC(C)(C)C)CN1C(=O)OC(C)(C)C. The third-order valence-electron chi connectivity index (χ3n) is 3.42. The van der Waals surface area contributed by atoms with Crippen LogP contribution in [0.4, 0.5) is 9.59 Å². The molecule has 0 radical (unpaired) electrons. The molecule has 1 aliphatic rings. The monoisotopic (exact) mass is 338 g/mol. The van der Waals surface area contributed by atoms with Crippen LogP contribution < -0.4 is 5.32 Å². The lowest BCUT2D eigenvalue weighted by Crippen LogP contribution is -2.40. The zero-order valence-corrected chi connectivity index (χ0v) is 15.6. The number of rotatable bonds is 3. The van der Waals surface area contributed by atoms with Crippen LogP contribution in [0.5, 0.6) is 0 Å². The molecule has 136 valence electrons. The van der Waals surface area contributed by atoms with Gasteiger partial charge in [-0.05, 0) is 53.9 Å². The maximum Gasteiger partial charge on any atom is 0.410 e. The molecule has 1 saturated heterocycles. The van der Waals surface area contributed by atoms with Crippen molar-refractivity contribution in [2.45, 2.75) is 71.6 Å². The van der Waals surface area contributed by atoms with Gasteiger partial charge in [0.25, 0.3) is 0 Å². The molecule has 0 aromatic rings. The third-order valence-corrected chi connectivity index (χ3v) is 3.42. The Kier molecular flexibility index (Phi) is 6.53. The first-order valence-electron chi connectivity index (χ1n) is 8.31. The van der Waals surface area contributed by atoms with Gasteiger partial charge in [-0.25, -0.2) is 9.59 Å². The molecule has 0 aromatic carbocycles. The van der Waals surface area contributed by atoms with Crippen LogP contribution in [0.25, 0.3) is 0 Å². The number of amides is 2. The number of hydrogen-bond donors (Lipinski definition) is 1. The van der Waals surface area contributed by atoms with Gasteiger partial charge in [0.2, 0.25) is 0 Å². The highest BCUT2D eigenvalue weighted by Gasteiger charge is 2.37. The fourth-order valence-electron chi connectivity index (χ4n) is 2.58. The van der Waals surface area contributed by atoms with Crippen molar-refractivity contribution in [3.63, 3.8) is 0 Å². The molecule has 1 unspecified atom stereocenters. The Labute approximate surface area is 145 Å². The Bertz CT molecular complexity index is 497. The van der Waals surface area contributed by atoms with Crippen molar-refractivity contribution in [1.29, 1.82) is 0 Å². The van der Waals surface area contributed by atoms with Gasteiger partial charge in [-0.3, -0.25) is 0 Å². The summed E-state index contributed by atoms with van der Waals surface area (Å²) >= 11 is 0. The van der Waals surface area contributed by atoms with Gasteiger partial charge >= 0.3 is 12.2 Å². The standard InChI is InChI=1S/C18H30N2O4/c1-8-9-14-10-13(11-19-15(21)23-17(2,3)4)12-20(14)16(22)24-18(5,6)7/h1,13-14H,9-12H2,2-7H3,(H,19,21)/t13-,14?/m0/s1. The summed E-state index contributed by atoms with van der Waals surface area (Å²) in [5.74, 6) is 2.74. The summed E-state index contributed by atoms with van der Waals surface area (Å²) in [6, 6.07) is -0.0599. The van der Waals surface area contributed by atoms with Gasteiger partial charge in [0, 0.05) is 25.6 Å². The predicted molar refractivity (Wildman–Crippen MR) is 92.5 cm³/mol. The molecule has 1 aliphatic heterocycles. The van der Waals surface area contributed by atoms with E-state index < -0.39 is 17.3 Å². The molecular formula is C18H30N2O4. The summed E-state index contributed by atoms with van der Waals surface area (Å²) in [6.45, 7) is 11.9. The maximum atomic E-state index is 12.3. The number of hydrogen-bond acceptors (Lipinski definition) is 4. The molecule has 2 atom stereocenters. The van der Waals surface area contributed by atoms with Crippen molar-refractivity contribution in [1.82, 2.24) is 10.2 Å². The molecule has 1 fully saturated rings. The smallest absolute Gasteiger partial charge is 0.410 e. The lowest BCUT2D eigenvalue weighted by molar-refractivity contribution is 0.0225. The Balaban J connectivity index is 2.59. The number of nitrogens with one attached hydrogen (secondary N) is 1. The van der Waals surface area contributed by atoms with Crippen LogP contribution in [-0.4, -0.2) is 47.4 Å². The predicted octanol–water partition coefficient (Wildman–Crippen LogP) is 3.16. The first-order valence-corrected chi connectivity index (χ1v) is 8.31. The van der Waals surface area contributed by atoms with Gasteiger partial charge in [0.15, 0.2) is 0 Å². The molecule has 0 bridgehead atoms. The van der Waals surface area contributed by atoms with Crippen LogP contribution in [0.15, 0.2) is 0 Å². The van der Waals surface area contributed by atoms with E-state index in [1.54, 1.807) is 4.90 Å².